The van der Waals surface area contributed by atoms with Gasteiger partial charge in [-0.2, -0.15) is 9.29 Å². The molecule has 1 saturated heterocycles. The van der Waals surface area contributed by atoms with Crippen LogP contribution in [-0.4, -0.2) is 126 Å². The number of nitrogens with zero attached hydrogens (tertiary/aromatic N) is 2. The Morgan fingerprint density at radius 2 is 1.49 bits per heavy atom. The number of anilines is 1. The predicted molar refractivity (Wildman–Crippen MR) is 269 cm³/mol. The van der Waals surface area contributed by atoms with Gasteiger partial charge < -0.3 is 60.0 Å². The van der Waals surface area contributed by atoms with E-state index < -0.39 is 121 Å². The first-order chi connectivity index (χ1) is 34.7. The molecule has 0 spiro atoms. The van der Waals surface area contributed by atoms with Crippen LogP contribution in [0, 0.1) is 11.8 Å². The molecule has 3 unspecified atom stereocenters. The zero-order valence-electron chi connectivity index (χ0n) is 42.9. The van der Waals surface area contributed by atoms with Gasteiger partial charge in [-0.3, -0.25) is 23.2 Å². The summed E-state index contributed by atoms with van der Waals surface area (Å²) < 4.78 is 64.8. The van der Waals surface area contributed by atoms with E-state index in [0.29, 0.717) is 19.3 Å². The molecule has 9 N–H and O–H groups in total. The molecule has 2 aliphatic rings. The number of aliphatic hydroxyl groups is 5. The lowest BCUT2D eigenvalue weighted by molar-refractivity contribution is -0.192. The normalized spacial score (nSPS) is 30.3. The van der Waals surface area contributed by atoms with Crippen molar-refractivity contribution in [1.29, 1.82) is 0 Å². The first-order valence-electron chi connectivity index (χ1n) is 26.1. The van der Waals surface area contributed by atoms with Crippen LogP contribution < -0.4 is 11.4 Å². The zero-order valence-corrected chi connectivity index (χ0v) is 44.7. The van der Waals surface area contributed by atoms with Crippen molar-refractivity contribution in [3.05, 3.63) is 47.1 Å². The Morgan fingerprint density at radius 3 is 2.14 bits per heavy atom. The van der Waals surface area contributed by atoms with Gasteiger partial charge in [0.1, 0.15) is 43.1 Å². The van der Waals surface area contributed by atoms with Crippen LogP contribution in [0.1, 0.15) is 168 Å². The van der Waals surface area contributed by atoms with Gasteiger partial charge in [0, 0.05) is 31.4 Å². The molecule has 420 valence electrons. The standard InChI is InChI=1S/C49H85N3O19P2/c1-4-5-17-23-36(53)27-28-40-46(58)47(59)41-34-67-73(63,64)71-72(61,62)66-33-37(68-44(56)26-21-14-12-10-8-6-7-9-11-13-18-22-35(2)3)32-65-43(55)25-20-16-15-19-24-38(39(54)31-45(57)69-40)48(70-41)52-30-29-42(50)51-49(52)60/h15,19,27-30,35-41,45-48,53-54,57-59H,4-14,16-18,20-26,31-34H2,1-3H3,(H,61,62)(H,63,64)(H2,50,51,60)/b19-15?,28-27+/t36-,37+,38-,39-,40+,41+,45?,46-,47+,48+/m0/s1. The van der Waals surface area contributed by atoms with E-state index in [1.165, 1.54) is 56.7 Å². The predicted octanol–water partition coefficient (Wildman–Crippen LogP) is 6.58. The number of aromatic nitrogens is 2. The van der Waals surface area contributed by atoms with Crippen LogP contribution in [0.25, 0.3) is 0 Å². The number of carbonyl (C=O) groups is 2. The fourth-order valence-corrected chi connectivity index (χ4v) is 10.5. The second-order valence-corrected chi connectivity index (χ2v) is 22.4. The van der Waals surface area contributed by atoms with Gasteiger partial charge in [-0.15, -0.1) is 0 Å². The van der Waals surface area contributed by atoms with E-state index in [1.807, 2.05) is 6.92 Å². The molecule has 3 heterocycles. The molecule has 0 saturated carbocycles. The highest BCUT2D eigenvalue weighted by Gasteiger charge is 2.44. The molecule has 22 nitrogen and oxygen atoms in total. The maximum absolute atomic E-state index is 13.4. The molecule has 1 aromatic rings. The highest BCUT2D eigenvalue weighted by Crippen LogP contribution is 2.60. The summed E-state index contributed by atoms with van der Waals surface area (Å²) in [6.07, 6.45) is 6.78. The molecule has 2 bridgehead atoms. The number of rotatable bonds is 22. The molecule has 3 rings (SSSR count). The Hall–Kier alpha value is -2.92. The number of phosphoric ester groups is 2. The molecule has 1 fully saturated rings. The molecular weight excluding hydrogens is 996 g/mol. The molecule has 2 aliphatic heterocycles. The summed E-state index contributed by atoms with van der Waals surface area (Å²) in [7, 11) is -11.3. The molecular formula is C49H85N3O19P2. The van der Waals surface area contributed by atoms with E-state index in [9.17, 15) is 58.8 Å². The fraction of sp³-hybridized carbons (Fsp3) is 0.796. The summed E-state index contributed by atoms with van der Waals surface area (Å²) in [5.74, 6) is -2.11. The van der Waals surface area contributed by atoms with Gasteiger partial charge in [0.15, 0.2) is 12.4 Å². The van der Waals surface area contributed by atoms with Crippen LogP contribution >= 0.6 is 15.6 Å². The van der Waals surface area contributed by atoms with Crippen LogP contribution in [0.2, 0.25) is 0 Å². The lowest BCUT2D eigenvalue weighted by Gasteiger charge is -2.36. The van der Waals surface area contributed by atoms with Gasteiger partial charge >= 0.3 is 33.3 Å². The number of cyclic esters (lactones) is 1. The summed E-state index contributed by atoms with van der Waals surface area (Å²) in [5, 5.41) is 56.8. The first kappa shape index (κ1) is 64.4. The van der Waals surface area contributed by atoms with Gasteiger partial charge in [-0.1, -0.05) is 135 Å². The Morgan fingerprint density at radius 1 is 0.863 bits per heavy atom. The SMILES string of the molecule is CCCCC[C@H](O)/C=C/[C@H]1OC(O)C[C@H](O)[C@@H]2CC=CCCCC(=O)OC[C@@H](OC(=O)CCCCCCCCCCCCCC(C)C)COP(=O)(O)OP(=O)(O)OC[C@@H](O[C@H]2n2ccc(N)nc2=O)[C@@H](O)[C@H]1O. The van der Waals surface area contributed by atoms with Gasteiger partial charge in [0.2, 0.25) is 0 Å². The van der Waals surface area contributed by atoms with E-state index in [1.54, 1.807) is 12.2 Å². The number of nitrogen functional groups attached to an aromatic ring is 1. The number of fused-ring (bicyclic) bond motifs is 3. The minimum Gasteiger partial charge on any atom is -0.462 e. The highest BCUT2D eigenvalue weighted by molar-refractivity contribution is 7.61. The molecule has 1 aromatic heterocycles. The van der Waals surface area contributed by atoms with Crippen LogP contribution in [0.15, 0.2) is 41.4 Å². The zero-order chi connectivity index (χ0) is 53.8. The number of hydrogen-bond donors (Lipinski definition) is 8. The summed E-state index contributed by atoms with van der Waals surface area (Å²) in [5.41, 5.74) is 4.75. The van der Waals surface area contributed by atoms with Crippen LogP contribution in [0.3, 0.4) is 0 Å². The van der Waals surface area contributed by atoms with Crippen molar-refractivity contribution >= 4 is 33.4 Å². The highest BCUT2D eigenvalue weighted by atomic mass is 31.3. The van der Waals surface area contributed by atoms with E-state index in [2.05, 4.69) is 23.1 Å². The summed E-state index contributed by atoms with van der Waals surface area (Å²) in [4.78, 5) is 64.3. The Balaban J connectivity index is 1.84. The number of ether oxygens (including phenoxy) is 4. The summed E-state index contributed by atoms with van der Waals surface area (Å²) in [6.45, 7) is 3.70. The number of unbranched alkanes of at least 4 members (excludes halogenated alkanes) is 12. The number of nitrogens with two attached hydrogens (primary N) is 1. The van der Waals surface area contributed by atoms with Gasteiger partial charge in [-0.05, 0) is 44.1 Å². The lowest BCUT2D eigenvalue weighted by atomic mass is 9.92. The quantitative estimate of drug-likeness (QED) is 0.0263. The first-order valence-corrected chi connectivity index (χ1v) is 29.1. The third-order valence-corrected chi connectivity index (χ3v) is 15.1. The number of allylic oxidation sites excluding steroid dienone is 2. The Labute approximate surface area is 429 Å². The smallest absolute Gasteiger partial charge is 0.462 e. The van der Waals surface area contributed by atoms with E-state index in [4.69, 9.17) is 33.7 Å². The van der Waals surface area contributed by atoms with Crippen LogP contribution in [0.5, 0.6) is 0 Å². The van der Waals surface area contributed by atoms with Crippen molar-refractivity contribution in [2.45, 2.75) is 217 Å². The molecule has 0 aromatic carbocycles. The van der Waals surface area contributed by atoms with Crippen LogP contribution in [0.4, 0.5) is 5.82 Å². The van der Waals surface area contributed by atoms with E-state index >= 15 is 0 Å². The summed E-state index contributed by atoms with van der Waals surface area (Å²) in [6, 6.07) is 1.23. The second kappa shape index (κ2) is 34.7. The maximum Gasteiger partial charge on any atom is 0.481 e. The number of carbonyl (C=O) groups excluding carboxylic acids is 2. The van der Waals surface area contributed by atoms with Gasteiger partial charge in [0.05, 0.1) is 25.4 Å². The third kappa shape index (κ3) is 26.6. The largest absolute Gasteiger partial charge is 0.481 e. The monoisotopic (exact) mass is 1080 g/mol. The van der Waals surface area contributed by atoms with Crippen molar-refractivity contribution in [2.75, 3.05) is 25.6 Å². The number of esters is 2. The summed E-state index contributed by atoms with van der Waals surface area (Å²) >= 11 is 0. The Kier molecular flexibility index (Phi) is 30.6. The van der Waals surface area contributed by atoms with E-state index in [0.717, 1.165) is 61.6 Å². The number of aliphatic hydroxyl groups excluding tert-OH is 5. The maximum atomic E-state index is 13.4. The third-order valence-electron chi connectivity index (χ3n) is 12.5. The van der Waals surface area contributed by atoms with E-state index in [-0.39, 0.29) is 37.9 Å². The molecule has 0 aliphatic carbocycles. The minimum absolute atomic E-state index is 0.00310. The average molecular weight is 1080 g/mol. The molecule has 12 atom stereocenters. The molecule has 0 radical (unpaired) electrons. The van der Waals surface area contributed by atoms with Crippen molar-refractivity contribution in [1.82, 2.24) is 9.55 Å². The van der Waals surface area contributed by atoms with Crippen molar-refractivity contribution in [3.8, 4) is 0 Å². The molecule has 0 amide bonds. The topological polar surface area (TPSA) is 335 Å². The second-order valence-electron chi connectivity index (χ2n) is 19.4. The Bertz CT molecular complexity index is 1960. The van der Waals surface area contributed by atoms with Crippen LogP contribution in [-0.2, 0) is 51.0 Å². The fourth-order valence-electron chi connectivity index (χ4n) is 8.35. The van der Waals surface area contributed by atoms with Crippen molar-refractivity contribution in [3.63, 3.8) is 0 Å². The minimum atomic E-state index is -5.73. The van der Waals surface area contributed by atoms with Gasteiger partial charge in [0.25, 0.3) is 0 Å². The van der Waals surface area contributed by atoms with Crippen molar-refractivity contribution in [2.24, 2.45) is 11.8 Å². The average Bonchev–Trinajstić information content (AvgIpc) is 3.32. The number of hydrogen-bond acceptors (Lipinski definition) is 19. The number of phosphoric acid groups is 2. The van der Waals surface area contributed by atoms with Crippen molar-refractivity contribution < 1.29 is 86.3 Å². The molecule has 24 heteroatoms. The van der Waals surface area contributed by atoms with Gasteiger partial charge in [-0.25, -0.2) is 13.9 Å². The molecule has 73 heavy (non-hydrogen) atoms. The lowest BCUT2D eigenvalue weighted by Crippen LogP contribution is -2.49.